The molecule has 0 radical (unpaired) electrons. The van der Waals surface area contributed by atoms with Crippen LogP contribution in [0.3, 0.4) is 0 Å². The van der Waals surface area contributed by atoms with Crippen LogP contribution in [-0.4, -0.2) is 36.9 Å². The lowest BCUT2D eigenvalue weighted by Crippen LogP contribution is -2.42. The van der Waals surface area contributed by atoms with Crippen molar-refractivity contribution in [2.45, 2.75) is 32.6 Å². The third kappa shape index (κ3) is 7.59. The zero-order valence-electron chi connectivity index (χ0n) is 15.9. The van der Waals surface area contributed by atoms with Gasteiger partial charge in [0.2, 0.25) is 0 Å². The van der Waals surface area contributed by atoms with Gasteiger partial charge < -0.3 is 20.5 Å². The predicted molar refractivity (Wildman–Crippen MR) is 111 cm³/mol. The van der Waals surface area contributed by atoms with Crippen LogP contribution in [0.15, 0.2) is 59.6 Å². The Balaban J connectivity index is 1.80. The van der Waals surface area contributed by atoms with E-state index >= 15 is 0 Å². The summed E-state index contributed by atoms with van der Waals surface area (Å²) in [6, 6.07) is 17.6. The average molecular weight is 390 g/mol. The maximum Gasteiger partial charge on any atom is 0.191 e. The molecular formula is C21H28ClN3O2. The smallest absolute Gasteiger partial charge is 0.191 e. The number of aliphatic imine (C=N–C) groups is 1. The molecule has 0 amide bonds. The highest BCUT2D eigenvalue weighted by molar-refractivity contribution is 6.31. The van der Waals surface area contributed by atoms with Gasteiger partial charge in [0.1, 0.15) is 0 Å². The SMILES string of the molecule is CCNC(=NCc1ccccc1Cl)NCC(O)COC(C)c1ccccc1. The van der Waals surface area contributed by atoms with Crippen molar-refractivity contribution >= 4 is 17.6 Å². The number of aliphatic hydroxyl groups is 1. The summed E-state index contributed by atoms with van der Waals surface area (Å²) in [5.74, 6) is 0.632. The van der Waals surface area contributed by atoms with Gasteiger partial charge in [-0.05, 0) is 31.0 Å². The van der Waals surface area contributed by atoms with Crippen LogP contribution in [0.1, 0.15) is 31.1 Å². The number of nitrogens with one attached hydrogen (secondary N) is 2. The van der Waals surface area contributed by atoms with Crippen molar-refractivity contribution < 1.29 is 9.84 Å². The van der Waals surface area contributed by atoms with E-state index in [-0.39, 0.29) is 12.7 Å². The van der Waals surface area contributed by atoms with Gasteiger partial charge in [0.05, 0.1) is 25.4 Å². The van der Waals surface area contributed by atoms with Gasteiger partial charge in [0.15, 0.2) is 5.96 Å². The first kappa shape index (κ1) is 21.2. The topological polar surface area (TPSA) is 65.9 Å². The Morgan fingerprint density at radius 1 is 1.11 bits per heavy atom. The monoisotopic (exact) mass is 389 g/mol. The highest BCUT2D eigenvalue weighted by Gasteiger charge is 2.10. The van der Waals surface area contributed by atoms with Gasteiger partial charge in [-0.25, -0.2) is 4.99 Å². The van der Waals surface area contributed by atoms with Crippen LogP contribution < -0.4 is 10.6 Å². The summed E-state index contributed by atoms with van der Waals surface area (Å²) in [7, 11) is 0. The van der Waals surface area contributed by atoms with E-state index in [0.29, 0.717) is 24.1 Å². The van der Waals surface area contributed by atoms with E-state index in [1.165, 1.54) is 0 Å². The number of rotatable bonds is 9. The number of aliphatic hydroxyl groups excluding tert-OH is 1. The van der Waals surface area contributed by atoms with Gasteiger partial charge in [-0.3, -0.25) is 0 Å². The van der Waals surface area contributed by atoms with Crippen molar-refractivity contribution in [1.82, 2.24) is 10.6 Å². The van der Waals surface area contributed by atoms with Crippen LogP contribution in [0.5, 0.6) is 0 Å². The standard InChI is InChI=1S/C21H28ClN3O2/c1-3-23-21(24-13-18-11-7-8-12-20(18)22)25-14-19(26)15-27-16(2)17-9-5-4-6-10-17/h4-12,16,19,26H,3,13-15H2,1-2H3,(H2,23,24,25). The fraction of sp³-hybridized carbons (Fsp3) is 0.381. The minimum absolute atomic E-state index is 0.0667. The molecule has 0 aromatic heterocycles. The van der Waals surface area contributed by atoms with Crippen LogP contribution in [-0.2, 0) is 11.3 Å². The van der Waals surface area contributed by atoms with E-state index in [1.807, 2.05) is 68.4 Å². The lowest BCUT2D eigenvalue weighted by molar-refractivity contribution is -0.000599. The van der Waals surface area contributed by atoms with Crippen molar-refractivity contribution in [2.24, 2.45) is 4.99 Å². The second-order valence-corrected chi connectivity index (χ2v) is 6.61. The minimum atomic E-state index is -0.639. The van der Waals surface area contributed by atoms with Crippen LogP contribution in [0.2, 0.25) is 5.02 Å². The van der Waals surface area contributed by atoms with Crippen LogP contribution in [0, 0.1) is 0 Å². The van der Waals surface area contributed by atoms with E-state index in [9.17, 15) is 5.11 Å². The van der Waals surface area contributed by atoms with Crippen molar-refractivity contribution in [2.75, 3.05) is 19.7 Å². The second kappa shape index (κ2) is 11.6. The summed E-state index contributed by atoms with van der Waals surface area (Å²) >= 11 is 6.17. The summed E-state index contributed by atoms with van der Waals surface area (Å²) < 4.78 is 5.76. The summed E-state index contributed by atoms with van der Waals surface area (Å²) in [5.41, 5.74) is 2.05. The second-order valence-electron chi connectivity index (χ2n) is 6.21. The molecule has 2 aromatic carbocycles. The number of hydrogen-bond donors (Lipinski definition) is 3. The van der Waals surface area contributed by atoms with Gasteiger partial charge in [0, 0.05) is 18.1 Å². The Bertz CT molecular complexity index is 710. The van der Waals surface area contributed by atoms with E-state index in [4.69, 9.17) is 16.3 Å². The minimum Gasteiger partial charge on any atom is -0.389 e. The molecule has 5 nitrogen and oxygen atoms in total. The Labute approximate surface area is 166 Å². The molecule has 0 spiro atoms. The Hall–Kier alpha value is -2.08. The van der Waals surface area contributed by atoms with Gasteiger partial charge in [-0.1, -0.05) is 60.1 Å². The van der Waals surface area contributed by atoms with Crippen molar-refractivity contribution in [1.29, 1.82) is 0 Å². The summed E-state index contributed by atoms with van der Waals surface area (Å²) in [4.78, 5) is 4.52. The molecule has 2 rings (SSSR count). The normalized spacial score (nSPS) is 13.9. The molecule has 2 aromatic rings. The van der Waals surface area contributed by atoms with Gasteiger partial charge in [-0.15, -0.1) is 0 Å². The van der Waals surface area contributed by atoms with E-state index in [1.54, 1.807) is 0 Å². The highest BCUT2D eigenvalue weighted by atomic mass is 35.5. The number of hydrogen-bond acceptors (Lipinski definition) is 3. The first-order valence-corrected chi connectivity index (χ1v) is 9.58. The average Bonchev–Trinajstić information content (AvgIpc) is 2.70. The molecule has 0 bridgehead atoms. The molecule has 2 atom stereocenters. The number of benzene rings is 2. The quantitative estimate of drug-likeness (QED) is 0.453. The lowest BCUT2D eigenvalue weighted by atomic mass is 10.1. The first-order valence-electron chi connectivity index (χ1n) is 9.20. The van der Waals surface area contributed by atoms with Crippen molar-refractivity contribution in [3.05, 3.63) is 70.7 Å². The molecule has 27 heavy (non-hydrogen) atoms. The number of guanidine groups is 1. The molecule has 3 N–H and O–H groups in total. The number of halogens is 1. The predicted octanol–water partition coefficient (Wildman–Crippen LogP) is 3.53. The van der Waals surface area contributed by atoms with Crippen molar-refractivity contribution in [3.8, 4) is 0 Å². The maximum absolute atomic E-state index is 10.2. The zero-order valence-corrected chi connectivity index (χ0v) is 16.6. The molecule has 0 aliphatic carbocycles. The number of ether oxygens (including phenoxy) is 1. The van der Waals surface area contributed by atoms with Gasteiger partial charge in [0.25, 0.3) is 0 Å². The lowest BCUT2D eigenvalue weighted by Gasteiger charge is -2.18. The molecule has 0 heterocycles. The summed E-state index contributed by atoms with van der Waals surface area (Å²) in [6.07, 6.45) is -0.705. The third-order valence-corrected chi connectivity index (χ3v) is 4.39. The molecule has 0 saturated carbocycles. The largest absolute Gasteiger partial charge is 0.389 e. The molecular weight excluding hydrogens is 362 g/mol. The summed E-state index contributed by atoms with van der Waals surface area (Å²) in [5, 5.41) is 17.2. The molecule has 0 fully saturated rings. The Morgan fingerprint density at radius 3 is 2.52 bits per heavy atom. The van der Waals surface area contributed by atoms with Crippen LogP contribution in [0.25, 0.3) is 0 Å². The fourth-order valence-electron chi connectivity index (χ4n) is 2.48. The van der Waals surface area contributed by atoms with Crippen LogP contribution >= 0.6 is 11.6 Å². The van der Waals surface area contributed by atoms with Crippen LogP contribution in [0.4, 0.5) is 0 Å². The first-order chi connectivity index (χ1) is 13.1. The van der Waals surface area contributed by atoms with Crippen molar-refractivity contribution in [3.63, 3.8) is 0 Å². The molecule has 0 saturated heterocycles. The molecule has 6 heteroatoms. The number of nitrogens with zero attached hydrogens (tertiary/aromatic N) is 1. The Kier molecular flexibility index (Phi) is 9.11. The highest BCUT2D eigenvalue weighted by Crippen LogP contribution is 2.16. The molecule has 0 aliphatic rings. The van der Waals surface area contributed by atoms with Gasteiger partial charge in [-0.2, -0.15) is 0 Å². The van der Waals surface area contributed by atoms with Gasteiger partial charge >= 0.3 is 0 Å². The van der Waals surface area contributed by atoms with E-state index in [2.05, 4.69) is 15.6 Å². The molecule has 0 aliphatic heterocycles. The maximum atomic E-state index is 10.2. The zero-order chi connectivity index (χ0) is 19.5. The van der Waals surface area contributed by atoms with E-state index in [0.717, 1.165) is 17.7 Å². The fourth-order valence-corrected chi connectivity index (χ4v) is 2.68. The molecule has 146 valence electrons. The molecule has 2 unspecified atom stereocenters. The summed E-state index contributed by atoms with van der Waals surface area (Å²) in [6.45, 7) is 5.75. The Morgan fingerprint density at radius 2 is 1.81 bits per heavy atom. The third-order valence-electron chi connectivity index (χ3n) is 4.02. The van der Waals surface area contributed by atoms with E-state index < -0.39 is 6.10 Å².